The predicted molar refractivity (Wildman–Crippen MR) is 92.1 cm³/mol. The van der Waals surface area contributed by atoms with E-state index in [-0.39, 0.29) is 18.2 Å². The summed E-state index contributed by atoms with van der Waals surface area (Å²) in [5.74, 6) is -0.279. The van der Waals surface area contributed by atoms with Gasteiger partial charge in [-0.1, -0.05) is 12.2 Å². The number of methoxy groups -OCH3 is 2. The number of hydrogen-bond donors (Lipinski definition) is 0. The Labute approximate surface area is 149 Å². The first-order valence-corrected chi connectivity index (χ1v) is 8.43. The molecule has 0 aromatic heterocycles. The lowest BCUT2D eigenvalue weighted by Crippen LogP contribution is -2.55. The number of carbonyl (C=O) groups is 2. The first kappa shape index (κ1) is 20.8. The fourth-order valence-electron chi connectivity index (χ4n) is 3.08. The van der Waals surface area contributed by atoms with Gasteiger partial charge in [-0.2, -0.15) is 0 Å². The Morgan fingerprint density at radius 3 is 2.42 bits per heavy atom. The molecule has 1 aliphatic heterocycles. The molecule has 1 amide bonds. The SMILES string of the molecule is C=C(CCl)C[C@@]1(C(=O)OC)C[C@H](COC)CN1C(=O)OC(C)(C)C. The van der Waals surface area contributed by atoms with Crippen LogP contribution in [-0.4, -0.2) is 61.4 Å². The van der Waals surface area contributed by atoms with Crippen molar-refractivity contribution in [1.29, 1.82) is 0 Å². The quantitative estimate of drug-likeness (QED) is 0.413. The summed E-state index contributed by atoms with van der Waals surface area (Å²) in [6, 6.07) is 0. The van der Waals surface area contributed by atoms with Crippen LogP contribution >= 0.6 is 11.6 Å². The van der Waals surface area contributed by atoms with E-state index in [1.54, 1.807) is 27.9 Å². The van der Waals surface area contributed by atoms with Gasteiger partial charge in [0.15, 0.2) is 0 Å². The zero-order valence-corrected chi connectivity index (χ0v) is 15.9. The molecule has 0 saturated carbocycles. The zero-order valence-electron chi connectivity index (χ0n) is 15.2. The Morgan fingerprint density at radius 2 is 1.96 bits per heavy atom. The van der Waals surface area contributed by atoms with Gasteiger partial charge in [-0.15, -0.1) is 11.6 Å². The highest BCUT2D eigenvalue weighted by Crippen LogP contribution is 2.40. The average molecular weight is 362 g/mol. The molecule has 0 radical (unpaired) electrons. The molecule has 1 heterocycles. The van der Waals surface area contributed by atoms with Crippen LogP contribution in [0.4, 0.5) is 4.79 Å². The van der Waals surface area contributed by atoms with Gasteiger partial charge in [0.05, 0.1) is 13.7 Å². The molecule has 0 spiro atoms. The van der Waals surface area contributed by atoms with Crippen LogP contribution in [0.3, 0.4) is 0 Å². The Morgan fingerprint density at radius 1 is 1.33 bits per heavy atom. The lowest BCUT2D eigenvalue weighted by molar-refractivity contribution is -0.153. The van der Waals surface area contributed by atoms with Crippen LogP contribution in [0.2, 0.25) is 0 Å². The number of halogens is 1. The van der Waals surface area contributed by atoms with Crippen molar-refractivity contribution in [1.82, 2.24) is 4.90 Å². The van der Waals surface area contributed by atoms with Crippen molar-refractivity contribution in [3.05, 3.63) is 12.2 Å². The lowest BCUT2D eigenvalue weighted by atomic mass is 9.86. The Hall–Kier alpha value is -1.27. The minimum Gasteiger partial charge on any atom is -0.467 e. The highest BCUT2D eigenvalue weighted by atomic mass is 35.5. The van der Waals surface area contributed by atoms with Crippen molar-refractivity contribution in [2.24, 2.45) is 5.92 Å². The van der Waals surface area contributed by atoms with Crippen molar-refractivity contribution < 1.29 is 23.8 Å². The largest absolute Gasteiger partial charge is 0.467 e. The Bertz CT molecular complexity index is 488. The molecule has 7 heteroatoms. The molecule has 1 fully saturated rings. The van der Waals surface area contributed by atoms with Crippen molar-refractivity contribution in [3.8, 4) is 0 Å². The third kappa shape index (κ3) is 4.86. The van der Waals surface area contributed by atoms with E-state index >= 15 is 0 Å². The smallest absolute Gasteiger partial charge is 0.411 e. The second kappa shape index (κ2) is 8.21. The second-order valence-electron chi connectivity index (χ2n) is 7.20. The maximum Gasteiger partial charge on any atom is 0.411 e. The number of nitrogens with zero attached hydrogens (tertiary/aromatic N) is 1. The number of likely N-dealkylation sites (tertiary alicyclic amines) is 1. The van der Waals surface area contributed by atoms with Crippen LogP contribution in [0, 0.1) is 5.92 Å². The summed E-state index contributed by atoms with van der Waals surface area (Å²) in [7, 11) is 2.90. The minimum atomic E-state index is -1.16. The van der Waals surface area contributed by atoms with E-state index in [4.69, 9.17) is 25.8 Å². The molecule has 0 unspecified atom stereocenters. The van der Waals surface area contributed by atoms with Gasteiger partial charge in [-0.05, 0) is 27.2 Å². The summed E-state index contributed by atoms with van der Waals surface area (Å²) < 4.78 is 15.7. The fraction of sp³-hybridized carbons (Fsp3) is 0.765. The van der Waals surface area contributed by atoms with E-state index in [2.05, 4.69) is 6.58 Å². The van der Waals surface area contributed by atoms with E-state index in [0.29, 0.717) is 25.1 Å². The van der Waals surface area contributed by atoms with Crippen LogP contribution in [0.15, 0.2) is 12.2 Å². The van der Waals surface area contributed by atoms with Crippen LogP contribution in [0.25, 0.3) is 0 Å². The van der Waals surface area contributed by atoms with Crippen molar-refractivity contribution in [2.75, 3.05) is 33.3 Å². The summed E-state index contributed by atoms with van der Waals surface area (Å²) in [6.07, 6.45) is 0.111. The molecule has 6 nitrogen and oxygen atoms in total. The molecule has 0 N–H and O–H groups in total. The highest BCUT2D eigenvalue weighted by Gasteiger charge is 2.55. The molecule has 138 valence electrons. The van der Waals surface area contributed by atoms with Crippen molar-refractivity contribution in [2.45, 2.75) is 44.8 Å². The third-order valence-corrected chi connectivity index (χ3v) is 4.27. The minimum absolute atomic E-state index is 0.00439. The summed E-state index contributed by atoms with van der Waals surface area (Å²) >= 11 is 5.86. The number of hydrogen-bond acceptors (Lipinski definition) is 5. The zero-order chi connectivity index (χ0) is 18.5. The van der Waals surface area contributed by atoms with Gasteiger partial charge in [-0.3, -0.25) is 4.90 Å². The number of amides is 1. The van der Waals surface area contributed by atoms with Crippen molar-refractivity contribution >= 4 is 23.7 Å². The van der Waals surface area contributed by atoms with Gasteiger partial charge in [0, 0.05) is 31.9 Å². The number of rotatable bonds is 6. The molecular weight excluding hydrogens is 334 g/mol. The Kier molecular flexibility index (Phi) is 7.10. The average Bonchev–Trinajstić information content (AvgIpc) is 2.84. The lowest BCUT2D eigenvalue weighted by Gasteiger charge is -2.37. The molecule has 0 bridgehead atoms. The number of carbonyl (C=O) groups excluding carboxylic acids is 2. The number of esters is 1. The number of alkyl halides is 1. The predicted octanol–water partition coefficient (Wildman–Crippen LogP) is 2.99. The molecule has 0 aromatic rings. The van der Waals surface area contributed by atoms with Gasteiger partial charge in [0.1, 0.15) is 11.1 Å². The molecule has 24 heavy (non-hydrogen) atoms. The highest BCUT2D eigenvalue weighted by molar-refractivity contribution is 6.19. The summed E-state index contributed by atoms with van der Waals surface area (Å²) in [5, 5.41) is 0. The second-order valence-corrected chi connectivity index (χ2v) is 7.47. The molecular formula is C17H28ClNO5. The van der Waals surface area contributed by atoms with E-state index in [1.165, 1.54) is 12.0 Å². The topological polar surface area (TPSA) is 65.1 Å². The number of ether oxygens (including phenoxy) is 3. The third-order valence-electron chi connectivity index (χ3n) is 3.90. The fourth-order valence-corrected chi connectivity index (χ4v) is 3.18. The van der Waals surface area contributed by atoms with Crippen LogP contribution in [0.5, 0.6) is 0 Å². The van der Waals surface area contributed by atoms with Crippen LogP contribution in [-0.2, 0) is 19.0 Å². The van der Waals surface area contributed by atoms with E-state index in [1.807, 2.05) is 0 Å². The summed E-state index contributed by atoms with van der Waals surface area (Å²) in [4.78, 5) is 26.8. The molecule has 1 aliphatic rings. The van der Waals surface area contributed by atoms with Crippen LogP contribution in [0.1, 0.15) is 33.6 Å². The Balaban J connectivity index is 3.22. The first-order valence-electron chi connectivity index (χ1n) is 7.90. The van der Waals surface area contributed by atoms with E-state index in [0.717, 1.165) is 0 Å². The first-order chi connectivity index (χ1) is 11.1. The molecule has 2 atom stereocenters. The molecule has 0 aliphatic carbocycles. The monoisotopic (exact) mass is 361 g/mol. The van der Waals surface area contributed by atoms with Gasteiger partial charge in [-0.25, -0.2) is 9.59 Å². The summed E-state index contributed by atoms with van der Waals surface area (Å²) in [5.41, 5.74) is -1.16. The normalized spacial score (nSPS) is 23.9. The molecule has 0 aromatic carbocycles. The molecule has 1 saturated heterocycles. The van der Waals surface area contributed by atoms with E-state index in [9.17, 15) is 9.59 Å². The van der Waals surface area contributed by atoms with Crippen LogP contribution < -0.4 is 0 Å². The maximum absolute atomic E-state index is 12.7. The van der Waals surface area contributed by atoms with Crippen molar-refractivity contribution in [3.63, 3.8) is 0 Å². The molecule has 1 rings (SSSR count). The van der Waals surface area contributed by atoms with Gasteiger partial charge in [0.25, 0.3) is 0 Å². The summed E-state index contributed by atoms with van der Waals surface area (Å²) in [6.45, 7) is 10.0. The van der Waals surface area contributed by atoms with Gasteiger partial charge < -0.3 is 14.2 Å². The van der Waals surface area contributed by atoms with E-state index < -0.39 is 23.2 Å². The van der Waals surface area contributed by atoms with Gasteiger partial charge >= 0.3 is 12.1 Å². The standard InChI is InChI=1S/C17H28ClNO5/c1-12(9-18)7-17(14(20)23-6)8-13(11-22-5)10-19(17)15(21)24-16(2,3)4/h13H,1,7-11H2,2-6H3/t13-,17-/m0/s1. The van der Waals surface area contributed by atoms with Gasteiger partial charge in [0.2, 0.25) is 0 Å². The maximum atomic E-state index is 12.7.